The fourth-order valence-electron chi connectivity index (χ4n) is 2.22. The number of fused-ring (bicyclic) bond motifs is 1. The van der Waals surface area contributed by atoms with Crippen molar-refractivity contribution in [1.82, 2.24) is 20.6 Å². The summed E-state index contributed by atoms with van der Waals surface area (Å²) >= 11 is 0. The van der Waals surface area contributed by atoms with Gasteiger partial charge in [0.2, 0.25) is 0 Å². The van der Waals surface area contributed by atoms with Crippen LogP contribution in [-0.4, -0.2) is 35.0 Å². The van der Waals surface area contributed by atoms with Gasteiger partial charge in [-0.25, -0.2) is 0 Å². The highest BCUT2D eigenvalue weighted by molar-refractivity contribution is 6.04. The average Bonchev–Trinajstić information content (AvgIpc) is 2.91. The van der Waals surface area contributed by atoms with Crippen LogP contribution >= 0.6 is 0 Å². The van der Waals surface area contributed by atoms with Crippen molar-refractivity contribution in [3.8, 4) is 0 Å². The second-order valence-electron chi connectivity index (χ2n) is 4.39. The van der Waals surface area contributed by atoms with Gasteiger partial charge in [-0.1, -0.05) is 6.07 Å². The molecular weight excluding hydrogens is 228 g/mol. The first-order chi connectivity index (χ1) is 8.84. The first kappa shape index (κ1) is 11.1. The van der Waals surface area contributed by atoms with Crippen molar-refractivity contribution in [2.24, 2.45) is 0 Å². The first-order valence-corrected chi connectivity index (χ1v) is 6.06. The molecule has 1 saturated heterocycles. The Kier molecular flexibility index (Phi) is 2.90. The van der Waals surface area contributed by atoms with Crippen LogP contribution in [0.15, 0.2) is 30.6 Å². The molecule has 0 spiro atoms. The van der Waals surface area contributed by atoms with E-state index in [2.05, 4.69) is 20.6 Å². The quantitative estimate of drug-likeness (QED) is 0.814. The normalized spacial score (nSPS) is 19.0. The zero-order chi connectivity index (χ0) is 12.4. The van der Waals surface area contributed by atoms with Crippen LogP contribution in [0.5, 0.6) is 0 Å². The molecule has 0 aliphatic carbocycles. The molecule has 0 unspecified atom stereocenters. The predicted octanol–water partition coefficient (Wildman–Crippen LogP) is 0.721. The lowest BCUT2D eigenvalue weighted by molar-refractivity contribution is 0.0941. The summed E-state index contributed by atoms with van der Waals surface area (Å²) in [4.78, 5) is 20.6. The molecule has 2 aromatic rings. The number of nitrogens with zero attached hydrogens (tertiary/aromatic N) is 2. The largest absolute Gasteiger partial charge is 0.348 e. The number of rotatable bonds is 2. The predicted molar refractivity (Wildman–Crippen MR) is 68.3 cm³/mol. The summed E-state index contributed by atoms with van der Waals surface area (Å²) < 4.78 is 0. The van der Waals surface area contributed by atoms with Crippen LogP contribution in [0.3, 0.4) is 0 Å². The van der Waals surface area contributed by atoms with Gasteiger partial charge in [0.1, 0.15) is 5.52 Å². The second kappa shape index (κ2) is 4.70. The van der Waals surface area contributed by atoms with E-state index in [4.69, 9.17) is 0 Å². The number of para-hydroxylation sites is 1. The van der Waals surface area contributed by atoms with Crippen LogP contribution in [-0.2, 0) is 0 Å². The van der Waals surface area contributed by atoms with Crippen LogP contribution in [0.2, 0.25) is 0 Å². The van der Waals surface area contributed by atoms with E-state index in [9.17, 15) is 4.79 Å². The molecule has 2 heterocycles. The van der Waals surface area contributed by atoms with Gasteiger partial charge >= 0.3 is 0 Å². The molecule has 0 radical (unpaired) electrons. The van der Waals surface area contributed by atoms with Crippen LogP contribution < -0.4 is 10.6 Å². The topological polar surface area (TPSA) is 66.9 Å². The van der Waals surface area contributed by atoms with Gasteiger partial charge in [-0.15, -0.1) is 0 Å². The van der Waals surface area contributed by atoms with Crippen molar-refractivity contribution in [2.75, 3.05) is 13.1 Å². The monoisotopic (exact) mass is 242 g/mol. The van der Waals surface area contributed by atoms with E-state index < -0.39 is 0 Å². The minimum atomic E-state index is -0.0743. The molecule has 5 heteroatoms. The van der Waals surface area contributed by atoms with Crippen LogP contribution in [0.4, 0.5) is 0 Å². The first-order valence-electron chi connectivity index (χ1n) is 6.06. The van der Waals surface area contributed by atoms with Crippen LogP contribution in [0.25, 0.3) is 11.0 Å². The Morgan fingerprint density at radius 2 is 2.22 bits per heavy atom. The molecule has 0 bridgehead atoms. The zero-order valence-electron chi connectivity index (χ0n) is 9.89. The van der Waals surface area contributed by atoms with Gasteiger partial charge in [0.25, 0.3) is 5.91 Å². The zero-order valence-corrected chi connectivity index (χ0v) is 9.89. The fraction of sp³-hybridized carbons (Fsp3) is 0.308. The highest BCUT2D eigenvalue weighted by Crippen LogP contribution is 2.14. The van der Waals surface area contributed by atoms with Gasteiger partial charge in [-0.3, -0.25) is 14.8 Å². The molecule has 2 N–H and O–H groups in total. The second-order valence-corrected chi connectivity index (χ2v) is 4.39. The number of nitrogens with one attached hydrogen (secondary N) is 2. The van der Waals surface area contributed by atoms with Crippen molar-refractivity contribution in [3.63, 3.8) is 0 Å². The lowest BCUT2D eigenvalue weighted by atomic mass is 10.1. The van der Waals surface area contributed by atoms with E-state index in [0.717, 1.165) is 25.0 Å². The summed E-state index contributed by atoms with van der Waals surface area (Å²) in [6, 6.07) is 5.69. The van der Waals surface area contributed by atoms with E-state index in [1.165, 1.54) is 0 Å². The van der Waals surface area contributed by atoms with Gasteiger partial charge < -0.3 is 10.6 Å². The third kappa shape index (κ3) is 2.04. The van der Waals surface area contributed by atoms with Gasteiger partial charge in [-0.2, -0.15) is 0 Å². The van der Waals surface area contributed by atoms with Gasteiger partial charge in [-0.05, 0) is 25.1 Å². The maximum atomic E-state index is 12.2. The maximum absolute atomic E-state index is 12.2. The summed E-state index contributed by atoms with van der Waals surface area (Å²) in [7, 11) is 0. The van der Waals surface area contributed by atoms with Gasteiger partial charge in [0.15, 0.2) is 0 Å². The van der Waals surface area contributed by atoms with E-state index in [1.807, 2.05) is 12.1 Å². The molecule has 1 aromatic carbocycles. The Balaban J connectivity index is 1.91. The van der Waals surface area contributed by atoms with Crippen LogP contribution in [0, 0.1) is 0 Å². The van der Waals surface area contributed by atoms with E-state index in [-0.39, 0.29) is 11.9 Å². The molecule has 1 aliphatic heterocycles. The third-order valence-corrected chi connectivity index (χ3v) is 3.14. The summed E-state index contributed by atoms with van der Waals surface area (Å²) in [6.07, 6.45) is 4.21. The number of benzene rings is 1. The molecule has 92 valence electrons. The summed E-state index contributed by atoms with van der Waals surface area (Å²) in [6.45, 7) is 1.79. The van der Waals surface area contributed by atoms with Gasteiger partial charge in [0.05, 0.1) is 11.1 Å². The Morgan fingerprint density at radius 1 is 1.33 bits per heavy atom. The summed E-state index contributed by atoms with van der Waals surface area (Å²) in [5.74, 6) is -0.0743. The van der Waals surface area contributed by atoms with Crippen molar-refractivity contribution >= 4 is 16.9 Å². The molecule has 18 heavy (non-hydrogen) atoms. The standard InChI is InChI=1S/C13H14N4O/c18-13(17-9-4-5-14-8-9)10-2-1-3-11-12(10)16-7-6-15-11/h1-3,6-7,9,14H,4-5,8H2,(H,17,18)/t9-/m0/s1. The van der Waals surface area contributed by atoms with Crippen molar-refractivity contribution in [3.05, 3.63) is 36.2 Å². The minimum absolute atomic E-state index is 0.0743. The fourth-order valence-corrected chi connectivity index (χ4v) is 2.22. The Labute approximate surface area is 105 Å². The number of amides is 1. The lowest BCUT2D eigenvalue weighted by Gasteiger charge is -2.12. The van der Waals surface area contributed by atoms with E-state index in [0.29, 0.717) is 11.1 Å². The summed E-state index contributed by atoms with van der Waals surface area (Å²) in [5.41, 5.74) is 1.99. The molecule has 1 amide bonds. The van der Waals surface area contributed by atoms with E-state index >= 15 is 0 Å². The summed E-state index contributed by atoms with van der Waals surface area (Å²) in [5, 5.41) is 6.24. The molecule has 0 saturated carbocycles. The number of aromatic nitrogens is 2. The molecule has 1 aliphatic rings. The highest BCUT2D eigenvalue weighted by Gasteiger charge is 2.19. The Morgan fingerprint density at radius 3 is 3.06 bits per heavy atom. The number of carbonyl (C=O) groups excluding carboxylic acids is 1. The van der Waals surface area contributed by atoms with Gasteiger partial charge in [0, 0.05) is 25.0 Å². The van der Waals surface area contributed by atoms with Crippen molar-refractivity contribution in [2.45, 2.75) is 12.5 Å². The lowest BCUT2D eigenvalue weighted by Crippen LogP contribution is -2.36. The third-order valence-electron chi connectivity index (χ3n) is 3.14. The molecule has 1 aromatic heterocycles. The highest BCUT2D eigenvalue weighted by atomic mass is 16.1. The average molecular weight is 242 g/mol. The maximum Gasteiger partial charge on any atom is 0.253 e. The number of carbonyl (C=O) groups is 1. The van der Waals surface area contributed by atoms with Crippen LogP contribution in [0.1, 0.15) is 16.8 Å². The molecular formula is C13H14N4O. The number of hydrogen-bond acceptors (Lipinski definition) is 4. The minimum Gasteiger partial charge on any atom is -0.348 e. The SMILES string of the molecule is O=C(N[C@H]1CCNC1)c1cccc2nccnc12. The number of hydrogen-bond donors (Lipinski definition) is 2. The molecule has 1 fully saturated rings. The van der Waals surface area contributed by atoms with E-state index in [1.54, 1.807) is 18.5 Å². The molecule has 5 nitrogen and oxygen atoms in total. The van der Waals surface area contributed by atoms with Crippen molar-refractivity contribution < 1.29 is 4.79 Å². The van der Waals surface area contributed by atoms with Crippen molar-refractivity contribution in [1.29, 1.82) is 0 Å². The smallest absolute Gasteiger partial charge is 0.253 e. The molecule has 1 atom stereocenters. The Bertz CT molecular complexity index is 573. The Hall–Kier alpha value is -2.01. The molecule has 3 rings (SSSR count).